The van der Waals surface area contributed by atoms with Crippen molar-refractivity contribution in [2.24, 2.45) is 5.92 Å². The summed E-state index contributed by atoms with van der Waals surface area (Å²) >= 11 is 0. The van der Waals surface area contributed by atoms with Crippen LogP contribution in [0.5, 0.6) is 0 Å². The Morgan fingerprint density at radius 3 is 3.27 bits per heavy atom. The smallest absolute Gasteiger partial charge is 0.320 e. The second-order valence-electron chi connectivity index (χ2n) is 5.75. The van der Waals surface area contributed by atoms with E-state index in [2.05, 4.69) is 25.6 Å². The molecule has 3 N–H and O–H groups in total. The number of nitrogens with one attached hydrogen (secondary N) is 3. The van der Waals surface area contributed by atoms with Crippen molar-refractivity contribution in [1.82, 2.24) is 20.3 Å². The predicted molar refractivity (Wildman–Crippen MR) is 83.7 cm³/mol. The molecule has 2 atom stereocenters. The van der Waals surface area contributed by atoms with E-state index in [1.807, 2.05) is 6.07 Å². The minimum Gasteiger partial charge on any atom is -0.384 e. The van der Waals surface area contributed by atoms with E-state index in [0.717, 1.165) is 31.4 Å². The van der Waals surface area contributed by atoms with E-state index in [0.29, 0.717) is 17.4 Å². The molecular formula is C15H21N5O2. The number of nitrogens with zero attached hydrogens (tertiary/aromatic N) is 2. The van der Waals surface area contributed by atoms with E-state index in [1.54, 1.807) is 19.5 Å². The van der Waals surface area contributed by atoms with Crippen LogP contribution < -0.4 is 10.6 Å². The van der Waals surface area contributed by atoms with Crippen LogP contribution in [0.15, 0.2) is 18.5 Å². The number of amides is 2. The maximum Gasteiger partial charge on any atom is 0.320 e. The number of H-pyrrole nitrogens is 1. The zero-order chi connectivity index (χ0) is 15.4. The summed E-state index contributed by atoms with van der Waals surface area (Å²) in [6.07, 6.45) is 7.58. The third-order valence-corrected chi connectivity index (χ3v) is 4.02. The second-order valence-corrected chi connectivity index (χ2v) is 5.75. The SMILES string of the molecule is COC[C@H]1CCC[C@H](NC(=O)Nc2cnc3[nH]ccc3n2)C1. The summed E-state index contributed by atoms with van der Waals surface area (Å²) in [5.41, 5.74) is 1.44. The molecule has 1 fully saturated rings. The van der Waals surface area contributed by atoms with E-state index in [9.17, 15) is 4.79 Å². The Bertz CT molecular complexity index is 640. The van der Waals surface area contributed by atoms with Crippen LogP contribution in [-0.2, 0) is 4.74 Å². The van der Waals surface area contributed by atoms with Gasteiger partial charge in [0.25, 0.3) is 0 Å². The van der Waals surface area contributed by atoms with Crippen molar-refractivity contribution in [3.8, 4) is 0 Å². The summed E-state index contributed by atoms with van der Waals surface area (Å²) < 4.78 is 5.21. The molecule has 0 aromatic carbocycles. The molecule has 3 rings (SSSR count). The van der Waals surface area contributed by atoms with E-state index >= 15 is 0 Å². The molecule has 2 aromatic heterocycles. The first-order chi connectivity index (χ1) is 10.7. The lowest BCUT2D eigenvalue weighted by molar-refractivity contribution is 0.122. The van der Waals surface area contributed by atoms with E-state index in [1.165, 1.54) is 6.42 Å². The molecule has 1 aliphatic rings. The van der Waals surface area contributed by atoms with Crippen LogP contribution in [0.1, 0.15) is 25.7 Å². The predicted octanol–water partition coefficient (Wildman–Crippen LogP) is 2.28. The molecule has 0 saturated heterocycles. The highest BCUT2D eigenvalue weighted by Crippen LogP contribution is 2.24. The van der Waals surface area contributed by atoms with Crippen molar-refractivity contribution in [3.63, 3.8) is 0 Å². The van der Waals surface area contributed by atoms with Crippen LogP contribution in [0.3, 0.4) is 0 Å². The third-order valence-electron chi connectivity index (χ3n) is 4.02. The largest absolute Gasteiger partial charge is 0.384 e. The van der Waals surface area contributed by atoms with Gasteiger partial charge in [-0.25, -0.2) is 14.8 Å². The van der Waals surface area contributed by atoms with Crippen molar-refractivity contribution in [3.05, 3.63) is 18.5 Å². The number of carbonyl (C=O) groups is 1. The quantitative estimate of drug-likeness (QED) is 0.808. The Balaban J connectivity index is 1.55. The Hall–Kier alpha value is -2.15. The standard InChI is InChI=1S/C15H21N5O2/c1-22-9-10-3-2-4-11(7-10)18-15(21)20-13-8-17-14-12(19-13)5-6-16-14/h5-6,8,10-11H,2-4,7,9H2,1H3,(H,16,17)(H2,18,19,20,21)/t10-,11-/m0/s1. The van der Waals surface area contributed by atoms with E-state index in [-0.39, 0.29) is 12.1 Å². The molecule has 22 heavy (non-hydrogen) atoms. The number of anilines is 1. The maximum absolute atomic E-state index is 12.1. The van der Waals surface area contributed by atoms with E-state index in [4.69, 9.17) is 4.74 Å². The summed E-state index contributed by atoms with van der Waals surface area (Å²) in [5, 5.41) is 5.77. The molecule has 0 bridgehead atoms. The van der Waals surface area contributed by atoms with Crippen molar-refractivity contribution >= 4 is 23.0 Å². The number of fused-ring (bicyclic) bond motifs is 1. The Labute approximate surface area is 128 Å². The monoisotopic (exact) mass is 303 g/mol. The van der Waals surface area contributed by atoms with Crippen LogP contribution in [0.2, 0.25) is 0 Å². The van der Waals surface area contributed by atoms with Gasteiger partial charge in [0.15, 0.2) is 11.5 Å². The van der Waals surface area contributed by atoms with Gasteiger partial charge in [-0.15, -0.1) is 0 Å². The average molecular weight is 303 g/mol. The summed E-state index contributed by atoms with van der Waals surface area (Å²) in [6.45, 7) is 0.759. The number of hydrogen-bond acceptors (Lipinski definition) is 4. The minimum atomic E-state index is -0.229. The average Bonchev–Trinajstić information content (AvgIpc) is 2.95. The summed E-state index contributed by atoms with van der Waals surface area (Å²) in [7, 11) is 1.72. The normalized spacial score (nSPS) is 21.7. The first-order valence-electron chi connectivity index (χ1n) is 7.61. The maximum atomic E-state index is 12.1. The van der Waals surface area contributed by atoms with Crippen LogP contribution in [0, 0.1) is 5.92 Å². The van der Waals surface area contributed by atoms with Gasteiger partial charge in [-0.1, -0.05) is 6.42 Å². The van der Waals surface area contributed by atoms with Crippen LogP contribution in [0.4, 0.5) is 10.6 Å². The van der Waals surface area contributed by atoms with Gasteiger partial charge in [0.05, 0.1) is 6.20 Å². The van der Waals surface area contributed by atoms with Crippen molar-refractivity contribution in [2.75, 3.05) is 19.0 Å². The lowest BCUT2D eigenvalue weighted by Crippen LogP contribution is -2.41. The molecule has 1 aliphatic carbocycles. The Morgan fingerprint density at radius 2 is 2.41 bits per heavy atom. The summed E-state index contributed by atoms with van der Waals surface area (Å²) in [5.74, 6) is 0.980. The summed E-state index contributed by atoms with van der Waals surface area (Å²) in [6, 6.07) is 1.78. The fourth-order valence-corrected chi connectivity index (χ4v) is 3.04. The Kier molecular flexibility index (Phi) is 4.53. The van der Waals surface area contributed by atoms with Crippen molar-refractivity contribution < 1.29 is 9.53 Å². The molecule has 0 spiro atoms. The van der Waals surface area contributed by atoms with Gasteiger partial charge < -0.3 is 15.0 Å². The number of rotatable bonds is 4. The van der Waals surface area contributed by atoms with Crippen LogP contribution in [-0.4, -0.2) is 40.7 Å². The van der Waals surface area contributed by atoms with Gasteiger partial charge in [0.1, 0.15) is 5.52 Å². The van der Waals surface area contributed by atoms with Crippen molar-refractivity contribution in [2.45, 2.75) is 31.7 Å². The number of urea groups is 1. The number of hydrogen-bond donors (Lipinski definition) is 3. The minimum absolute atomic E-state index is 0.192. The molecule has 7 nitrogen and oxygen atoms in total. The zero-order valence-corrected chi connectivity index (χ0v) is 12.6. The first kappa shape index (κ1) is 14.8. The number of ether oxygens (including phenoxy) is 1. The van der Waals surface area contributed by atoms with Gasteiger partial charge in [-0.05, 0) is 31.2 Å². The van der Waals surface area contributed by atoms with Crippen LogP contribution >= 0.6 is 0 Å². The fourth-order valence-electron chi connectivity index (χ4n) is 3.04. The lowest BCUT2D eigenvalue weighted by atomic mass is 9.86. The number of aromatic amines is 1. The van der Waals surface area contributed by atoms with Gasteiger partial charge in [0.2, 0.25) is 0 Å². The van der Waals surface area contributed by atoms with Gasteiger partial charge in [0, 0.05) is 26.0 Å². The van der Waals surface area contributed by atoms with E-state index < -0.39 is 0 Å². The second kappa shape index (κ2) is 6.74. The highest BCUT2D eigenvalue weighted by molar-refractivity contribution is 5.89. The number of carbonyl (C=O) groups excluding carboxylic acids is 1. The molecule has 2 aromatic rings. The first-order valence-corrected chi connectivity index (χ1v) is 7.61. The molecule has 118 valence electrons. The molecule has 2 amide bonds. The fraction of sp³-hybridized carbons (Fsp3) is 0.533. The molecule has 2 heterocycles. The van der Waals surface area contributed by atoms with Gasteiger partial charge >= 0.3 is 6.03 Å². The highest BCUT2D eigenvalue weighted by atomic mass is 16.5. The highest BCUT2D eigenvalue weighted by Gasteiger charge is 2.23. The number of methoxy groups -OCH3 is 1. The molecule has 0 unspecified atom stereocenters. The van der Waals surface area contributed by atoms with Gasteiger partial charge in [-0.3, -0.25) is 5.32 Å². The topological polar surface area (TPSA) is 91.9 Å². The molecule has 1 saturated carbocycles. The lowest BCUT2D eigenvalue weighted by Gasteiger charge is -2.29. The third kappa shape index (κ3) is 3.54. The molecule has 0 aliphatic heterocycles. The van der Waals surface area contributed by atoms with Crippen LogP contribution in [0.25, 0.3) is 11.2 Å². The van der Waals surface area contributed by atoms with Crippen molar-refractivity contribution in [1.29, 1.82) is 0 Å². The number of aromatic nitrogens is 3. The molecule has 7 heteroatoms. The molecular weight excluding hydrogens is 282 g/mol. The Morgan fingerprint density at radius 1 is 1.50 bits per heavy atom. The van der Waals surface area contributed by atoms with Gasteiger partial charge in [-0.2, -0.15) is 0 Å². The molecule has 0 radical (unpaired) electrons. The zero-order valence-electron chi connectivity index (χ0n) is 12.6. The summed E-state index contributed by atoms with van der Waals surface area (Å²) in [4.78, 5) is 23.6.